The van der Waals surface area contributed by atoms with E-state index in [9.17, 15) is 14.4 Å². The zero-order valence-electron chi connectivity index (χ0n) is 50.6. The first kappa shape index (κ1) is 73.5. The summed E-state index contributed by atoms with van der Waals surface area (Å²) in [5, 5.41) is 0. The Kier molecular flexibility index (Phi) is 61.4. The Bertz CT molecular complexity index is 1670. The summed E-state index contributed by atoms with van der Waals surface area (Å²) in [5.74, 6) is -1.05. The molecule has 0 aliphatic heterocycles. The molecule has 0 aromatic rings. The molecule has 1 atom stereocenters. The van der Waals surface area contributed by atoms with Gasteiger partial charge in [-0.2, -0.15) is 0 Å². The maximum Gasteiger partial charge on any atom is 0.309 e. The predicted molar refractivity (Wildman–Crippen MR) is 339 cm³/mol. The maximum atomic E-state index is 12.9. The number of rotatable bonds is 57. The fraction of sp³-hybridized carbons (Fsp3) is 0.653. The number of carbonyl (C=O) groups excluding carboxylic acids is 3. The van der Waals surface area contributed by atoms with Crippen LogP contribution in [0.5, 0.6) is 0 Å². The Hall–Kier alpha value is -4.45. The molecule has 0 bridgehead atoms. The summed E-state index contributed by atoms with van der Waals surface area (Å²) in [6, 6.07) is 0. The second-order valence-electron chi connectivity index (χ2n) is 20.9. The molecule has 6 heteroatoms. The van der Waals surface area contributed by atoms with E-state index < -0.39 is 12.1 Å². The fourth-order valence-electron chi connectivity index (χ4n) is 8.66. The van der Waals surface area contributed by atoms with Crippen LogP contribution in [0.25, 0.3) is 0 Å². The molecule has 0 aromatic carbocycles. The second-order valence-corrected chi connectivity index (χ2v) is 20.9. The topological polar surface area (TPSA) is 78.9 Å². The van der Waals surface area contributed by atoms with Gasteiger partial charge in [-0.1, -0.05) is 283 Å². The summed E-state index contributed by atoms with van der Waals surface area (Å²) in [7, 11) is 0. The van der Waals surface area contributed by atoms with Crippen LogP contribution in [0.3, 0.4) is 0 Å². The molecular weight excluding hydrogens is 961 g/mol. The SMILES string of the molecule is CC/C=C\C/C=C\C/C=C\C/C=C\C/C=C\CC(=O)OCC(COC(=O)CCCCCCCCCCCCCCCC/C=C\C/C=C\C/C=C\C/C=C\CC)OC(=O)CCCCCCCCC/C=C\C/C=C\CCCCCC. The Morgan fingerprint density at radius 1 is 0.282 bits per heavy atom. The highest BCUT2D eigenvalue weighted by molar-refractivity contribution is 5.72. The first-order chi connectivity index (χ1) is 38.5. The Morgan fingerprint density at radius 3 is 0.897 bits per heavy atom. The maximum absolute atomic E-state index is 12.9. The molecule has 0 saturated carbocycles. The van der Waals surface area contributed by atoms with Gasteiger partial charge in [0.25, 0.3) is 0 Å². The van der Waals surface area contributed by atoms with Crippen molar-refractivity contribution in [2.24, 2.45) is 0 Å². The smallest absolute Gasteiger partial charge is 0.309 e. The van der Waals surface area contributed by atoms with Crippen molar-refractivity contribution >= 4 is 17.9 Å². The van der Waals surface area contributed by atoms with E-state index in [0.717, 1.165) is 109 Å². The molecule has 442 valence electrons. The average Bonchev–Trinajstić information content (AvgIpc) is 3.44. The first-order valence-corrected chi connectivity index (χ1v) is 32.2. The van der Waals surface area contributed by atoms with E-state index in [1.165, 1.54) is 135 Å². The van der Waals surface area contributed by atoms with Gasteiger partial charge in [-0.25, -0.2) is 0 Å². The molecule has 0 N–H and O–H groups in total. The quantitative estimate of drug-likeness (QED) is 0.0261. The minimum absolute atomic E-state index is 0.114. The molecule has 0 amide bonds. The lowest BCUT2D eigenvalue weighted by atomic mass is 10.0. The lowest BCUT2D eigenvalue weighted by Gasteiger charge is -2.18. The van der Waals surface area contributed by atoms with Crippen molar-refractivity contribution in [1.82, 2.24) is 0 Å². The van der Waals surface area contributed by atoms with Gasteiger partial charge in [0.05, 0.1) is 6.42 Å². The predicted octanol–water partition coefficient (Wildman–Crippen LogP) is 22.2. The summed E-state index contributed by atoms with van der Waals surface area (Å²) in [6.07, 6.45) is 92.0. The number of hydrogen-bond donors (Lipinski definition) is 0. The molecule has 0 fully saturated rings. The minimum atomic E-state index is -0.827. The van der Waals surface area contributed by atoms with E-state index in [0.29, 0.717) is 12.8 Å². The highest BCUT2D eigenvalue weighted by atomic mass is 16.6. The van der Waals surface area contributed by atoms with E-state index in [1.807, 2.05) is 6.08 Å². The standard InChI is InChI=1S/C72H118O6/c1-4-7-10-13-16-19-22-25-28-30-32-33-34-35-36-37-38-39-40-42-44-47-50-53-56-59-62-65-71(74)77-68-69(67-76-70(73)64-61-58-55-52-49-46-43-27-24-21-18-15-12-9-6-3)78-72(75)66-63-60-57-54-51-48-45-41-31-29-26-23-20-17-14-11-8-5-2/h7,9-10,12,16,18-21,23,25,27-29,31-33,43,49,52,58,61,69H,4-6,8,11,13-15,17,22,24,26,30,34-42,44-48,50-51,53-57,59-60,62-68H2,1-3H3/b10-7-,12-9-,19-16-,21-18-,23-20-,28-25-,31-29-,33-32-,43-27-,52-49-,61-58-. The van der Waals surface area contributed by atoms with Crippen molar-refractivity contribution in [2.75, 3.05) is 13.2 Å². The average molecular weight is 1080 g/mol. The molecule has 0 saturated heterocycles. The lowest BCUT2D eigenvalue weighted by molar-refractivity contribution is -0.166. The number of allylic oxidation sites excluding steroid dienone is 21. The molecule has 0 rings (SSSR count). The minimum Gasteiger partial charge on any atom is -0.462 e. The molecule has 1 unspecified atom stereocenters. The number of esters is 3. The van der Waals surface area contributed by atoms with Gasteiger partial charge in [-0.15, -0.1) is 0 Å². The lowest BCUT2D eigenvalue weighted by Crippen LogP contribution is -2.30. The van der Waals surface area contributed by atoms with E-state index in [1.54, 1.807) is 6.08 Å². The Morgan fingerprint density at radius 2 is 0.551 bits per heavy atom. The van der Waals surface area contributed by atoms with Gasteiger partial charge in [0.1, 0.15) is 13.2 Å². The summed E-state index contributed by atoms with van der Waals surface area (Å²) >= 11 is 0. The summed E-state index contributed by atoms with van der Waals surface area (Å²) < 4.78 is 16.8. The van der Waals surface area contributed by atoms with Crippen LogP contribution in [0.15, 0.2) is 134 Å². The zero-order valence-corrected chi connectivity index (χ0v) is 50.6. The van der Waals surface area contributed by atoms with Crippen LogP contribution >= 0.6 is 0 Å². The Labute approximate surface area is 481 Å². The highest BCUT2D eigenvalue weighted by Gasteiger charge is 2.19. The van der Waals surface area contributed by atoms with Gasteiger partial charge < -0.3 is 14.2 Å². The largest absolute Gasteiger partial charge is 0.462 e. The number of carbonyl (C=O) groups is 3. The monoisotopic (exact) mass is 1080 g/mol. The van der Waals surface area contributed by atoms with E-state index in [2.05, 4.69) is 142 Å². The van der Waals surface area contributed by atoms with E-state index in [-0.39, 0.29) is 31.6 Å². The summed E-state index contributed by atoms with van der Waals surface area (Å²) in [4.78, 5) is 38.3. The third kappa shape index (κ3) is 62.4. The van der Waals surface area contributed by atoms with Crippen LogP contribution in [0, 0.1) is 0 Å². The number of unbranched alkanes of at least 4 members (excludes halogenated alkanes) is 25. The van der Waals surface area contributed by atoms with Gasteiger partial charge in [-0.3, -0.25) is 14.4 Å². The van der Waals surface area contributed by atoms with Crippen molar-refractivity contribution in [3.8, 4) is 0 Å². The van der Waals surface area contributed by atoms with Gasteiger partial charge in [0.15, 0.2) is 6.10 Å². The molecular formula is C72H118O6. The van der Waals surface area contributed by atoms with Crippen molar-refractivity contribution in [1.29, 1.82) is 0 Å². The summed E-state index contributed by atoms with van der Waals surface area (Å²) in [5.41, 5.74) is 0. The molecule has 0 aliphatic rings. The third-order valence-electron chi connectivity index (χ3n) is 13.4. The van der Waals surface area contributed by atoms with Crippen LogP contribution in [0.1, 0.15) is 284 Å². The normalized spacial score (nSPS) is 13.0. The highest BCUT2D eigenvalue weighted by Crippen LogP contribution is 2.16. The van der Waals surface area contributed by atoms with E-state index >= 15 is 0 Å². The number of hydrogen-bond acceptors (Lipinski definition) is 6. The first-order valence-electron chi connectivity index (χ1n) is 32.2. The van der Waals surface area contributed by atoms with E-state index in [4.69, 9.17) is 14.2 Å². The zero-order chi connectivity index (χ0) is 56.4. The molecule has 0 radical (unpaired) electrons. The molecule has 78 heavy (non-hydrogen) atoms. The molecule has 6 nitrogen and oxygen atoms in total. The second kappa shape index (κ2) is 65.1. The Balaban J connectivity index is 4.39. The van der Waals surface area contributed by atoms with Crippen LogP contribution in [-0.4, -0.2) is 37.2 Å². The third-order valence-corrected chi connectivity index (χ3v) is 13.4. The van der Waals surface area contributed by atoms with Gasteiger partial charge in [-0.05, 0) is 116 Å². The molecule has 0 aromatic heterocycles. The van der Waals surface area contributed by atoms with Gasteiger partial charge in [0, 0.05) is 12.8 Å². The van der Waals surface area contributed by atoms with Crippen molar-refractivity contribution in [3.05, 3.63) is 134 Å². The van der Waals surface area contributed by atoms with Crippen molar-refractivity contribution < 1.29 is 28.6 Å². The van der Waals surface area contributed by atoms with Crippen molar-refractivity contribution in [2.45, 2.75) is 290 Å². The molecule has 0 heterocycles. The van der Waals surface area contributed by atoms with Gasteiger partial charge >= 0.3 is 17.9 Å². The van der Waals surface area contributed by atoms with Gasteiger partial charge in [0.2, 0.25) is 0 Å². The fourth-order valence-corrected chi connectivity index (χ4v) is 8.66. The van der Waals surface area contributed by atoms with Crippen LogP contribution in [-0.2, 0) is 28.6 Å². The van der Waals surface area contributed by atoms with Crippen LogP contribution < -0.4 is 0 Å². The summed E-state index contributed by atoms with van der Waals surface area (Å²) in [6.45, 7) is 6.31. The van der Waals surface area contributed by atoms with Crippen LogP contribution in [0.2, 0.25) is 0 Å². The number of ether oxygens (including phenoxy) is 3. The van der Waals surface area contributed by atoms with Crippen molar-refractivity contribution in [3.63, 3.8) is 0 Å². The molecule has 0 spiro atoms. The van der Waals surface area contributed by atoms with Crippen LogP contribution in [0.4, 0.5) is 0 Å². The molecule has 0 aliphatic carbocycles.